The fourth-order valence-corrected chi connectivity index (χ4v) is 1.76. The quantitative estimate of drug-likeness (QED) is 0.860. The molecule has 0 bridgehead atoms. The van der Waals surface area contributed by atoms with Gasteiger partial charge in [-0.3, -0.25) is 5.10 Å². The van der Waals surface area contributed by atoms with E-state index < -0.39 is 5.97 Å². The highest BCUT2D eigenvalue weighted by Crippen LogP contribution is 2.27. The topological polar surface area (TPSA) is 84.4 Å². The summed E-state index contributed by atoms with van der Waals surface area (Å²) in [6, 6.07) is 6.99. The summed E-state index contributed by atoms with van der Waals surface area (Å²) in [6.07, 6.45) is 0. The number of nitrogens with one attached hydrogen (secondary N) is 1. The van der Waals surface area contributed by atoms with Crippen LogP contribution in [0.2, 0.25) is 0 Å². The molecule has 0 unspecified atom stereocenters. The molecule has 0 radical (unpaired) electrons. The highest BCUT2D eigenvalue weighted by atomic mass is 16.5. The highest BCUT2D eigenvalue weighted by molar-refractivity contribution is 5.86. The van der Waals surface area contributed by atoms with E-state index >= 15 is 0 Å². The number of aromatic amines is 1. The Morgan fingerprint density at radius 2 is 2.16 bits per heavy atom. The van der Waals surface area contributed by atoms with Crippen LogP contribution in [-0.2, 0) is 11.3 Å². The molecule has 0 saturated carbocycles. The van der Waals surface area contributed by atoms with Crippen LogP contribution in [0.4, 0.5) is 0 Å². The van der Waals surface area contributed by atoms with Crippen LogP contribution < -0.4 is 4.74 Å². The Labute approximate surface area is 110 Å². The second kappa shape index (κ2) is 5.53. The van der Waals surface area contributed by atoms with Crippen LogP contribution in [0.3, 0.4) is 0 Å². The number of carboxylic acids is 1. The Morgan fingerprint density at radius 1 is 1.37 bits per heavy atom. The molecule has 6 nitrogen and oxygen atoms in total. The Balaban J connectivity index is 2.36. The normalized spacial score (nSPS) is 10.4. The lowest BCUT2D eigenvalue weighted by atomic mass is 10.1. The van der Waals surface area contributed by atoms with E-state index in [0.717, 1.165) is 11.1 Å². The number of ether oxygens (including phenoxy) is 2. The van der Waals surface area contributed by atoms with Gasteiger partial charge in [0.05, 0.1) is 19.4 Å². The number of methoxy groups -OCH3 is 2. The third-order valence-electron chi connectivity index (χ3n) is 2.69. The molecule has 0 aliphatic rings. The summed E-state index contributed by atoms with van der Waals surface area (Å²) >= 11 is 0. The van der Waals surface area contributed by atoms with E-state index in [1.165, 1.54) is 6.07 Å². The first-order chi connectivity index (χ1) is 9.15. The summed E-state index contributed by atoms with van der Waals surface area (Å²) < 4.78 is 10.4. The molecular formula is C13H14N2O4. The molecule has 6 heteroatoms. The van der Waals surface area contributed by atoms with Crippen molar-refractivity contribution < 1.29 is 19.4 Å². The summed E-state index contributed by atoms with van der Waals surface area (Å²) in [6.45, 7) is 0.449. The van der Waals surface area contributed by atoms with Gasteiger partial charge in [0.15, 0.2) is 0 Å². The third-order valence-corrected chi connectivity index (χ3v) is 2.69. The van der Waals surface area contributed by atoms with Gasteiger partial charge in [-0.25, -0.2) is 4.79 Å². The predicted octanol–water partition coefficient (Wildman–Crippen LogP) is 1.93. The molecule has 19 heavy (non-hydrogen) atoms. The van der Waals surface area contributed by atoms with Gasteiger partial charge in [0.2, 0.25) is 0 Å². The Hall–Kier alpha value is -2.34. The zero-order chi connectivity index (χ0) is 13.8. The Bertz CT molecular complexity index is 592. The first-order valence-electron chi connectivity index (χ1n) is 5.60. The van der Waals surface area contributed by atoms with Crippen LogP contribution in [0.15, 0.2) is 24.3 Å². The van der Waals surface area contributed by atoms with Gasteiger partial charge in [0.1, 0.15) is 11.4 Å². The van der Waals surface area contributed by atoms with Gasteiger partial charge in [-0.2, -0.15) is 5.10 Å². The van der Waals surface area contributed by atoms with Crippen molar-refractivity contribution >= 4 is 5.97 Å². The summed E-state index contributed by atoms with van der Waals surface area (Å²) in [5.74, 6) is -0.360. The molecule has 1 aromatic heterocycles. The number of benzene rings is 1. The summed E-state index contributed by atoms with van der Waals surface area (Å²) in [7, 11) is 3.19. The van der Waals surface area contributed by atoms with Crippen LogP contribution in [0.5, 0.6) is 5.75 Å². The number of nitrogens with zero attached hydrogens (tertiary/aromatic N) is 1. The van der Waals surface area contributed by atoms with Crippen LogP contribution >= 0.6 is 0 Å². The van der Waals surface area contributed by atoms with E-state index in [1.807, 2.05) is 12.1 Å². The number of carboxylic acid groups (broad SMARTS) is 1. The van der Waals surface area contributed by atoms with Gasteiger partial charge in [-0.1, -0.05) is 12.1 Å². The number of rotatable bonds is 5. The average molecular weight is 262 g/mol. The number of aromatic nitrogens is 2. The monoisotopic (exact) mass is 262 g/mol. The SMILES string of the molecule is COCc1ccc(-c2cc(C(=O)O)[nH]n2)cc1OC. The van der Waals surface area contributed by atoms with Crippen molar-refractivity contribution in [1.82, 2.24) is 10.2 Å². The van der Waals surface area contributed by atoms with Crippen LogP contribution in [0, 0.1) is 0 Å². The molecule has 0 amide bonds. The van der Waals surface area contributed by atoms with E-state index in [-0.39, 0.29) is 5.69 Å². The van der Waals surface area contributed by atoms with Gasteiger partial charge in [0.25, 0.3) is 0 Å². The molecule has 1 aromatic carbocycles. The van der Waals surface area contributed by atoms with E-state index in [4.69, 9.17) is 14.6 Å². The first kappa shape index (κ1) is 13.1. The second-order valence-electron chi connectivity index (χ2n) is 3.93. The van der Waals surface area contributed by atoms with Gasteiger partial charge < -0.3 is 14.6 Å². The number of carbonyl (C=O) groups is 1. The maximum Gasteiger partial charge on any atom is 0.353 e. The smallest absolute Gasteiger partial charge is 0.353 e. The van der Waals surface area contributed by atoms with Crippen molar-refractivity contribution in [1.29, 1.82) is 0 Å². The van der Waals surface area contributed by atoms with E-state index in [1.54, 1.807) is 20.3 Å². The highest BCUT2D eigenvalue weighted by Gasteiger charge is 2.11. The molecule has 0 aliphatic heterocycles. The van der Waals surface area contributed by atoms with Crippen molar-refractivity contribution in [2.75, 3.05) is 14.2 Å². The fraction of sp³-hybridized carbons (Fsp3) is 0.231. The molecule has 100 valence electrons. The van der Waals surface area contributed by atoms with Crippen molar-refractivity contribution in [3.8, 4) is 17.0 Å². The maximum absolute atomic E-state index is 10.8. The fourth-order valence-electron chi connectivity index (χ4n) is 1.76. The van der Waals surface area contributed by atoms with Crippen molar-refractivity contribution in [2.45, 2.75) is 6.61 Å². The largest absolute Gasteiger partial charge is 0.496 e. The first-order valence-corrected chi connectivity index (χ1v) is 5.60. The third kappa shape index (κ3) is 2.74. The van der Waals surface area contributed by atoms with E-state index in [0.29, 0.717) is 18.1 Å². The molecule has 2 rings (SSSR count). The minimum absolute atomic E-state index is 0.0509. The van der Waals surface area contributed by atoms with Gasteiger partial charge >= 0.3 is 5.97 Å². The van der Waals surface area contributed by atoms with Crippen LogP contribution in [0.25, 0.3) is 11.3 Å². The molecule has 0 fully saturated rings. The standard InChI is InChI=1S/C13H14N2O4/c1-18-7-9-4-3-8(5-12(9)19-2)10-6-11(13(16)17)15-14-10/h3-6H,7H2,1-2H3,(H,14,15)(H,16,17). The van der Waals surface area contributed by atoms with Gasteiger partial charge in [-0.15, -0.1) is 0 Å². The molecule has 0 spiro atoms. The molecular weight excluding hydrogens is 248 g/mol. The van der Waals surface area contributed by atoms with Crippen molar-refractivity contribution in [3.05, 3.63) is 35.5 Å². The zero-order valence-electron chi connectivity index (χ0n) is 10.6. The van der Waals surface area contributed by atoms with E-state index in [2.05, 4.69) is 10.2 Å². The average Bonchev–Trinajstić information content (AvgIpc) is 2.89. The number of H-pyrrole nitrogens is 1. The summed E-state index contributed by atoms with van der Waals surface area (Å²) in [4.78, 5) is 10.8. The predicted molar refractivity (Wildman–Crippen MR) is 68.2 cm³/mol. The summed E-state index contributed by atoms with van der Waals surface area (Å²) in [5.41, 5.74) is 2.30. The maximum atomic E-state index is 10.8. The number of aromatic carboxylic acids is 1. The number of hydrogen-bond acceptors (Lipinski definition) is 4. The molecule has 0 saturated heterocycles. The van der Waals surface area contributed by atoms with Gasteiger partial charge in [-0.05, 0) is 12.1 Å². The summed E-state index contributed by atoms with van der Waals surface area (Å²) in [5, 5.41) is 15.3. The van der Waals surface area contributed by atoms with Crippen molar-refractivity contribution in [3.63, 3.8) is 0 Å². The molecule has 0 atom stereocenters. The molecule has 2 aromatic rings. The zero-order valence-corrected chi connectivity index (χ0v) is 10.6. The molecule has 0 aliphatic carbocycles. The molecule has 1 heterocycles. The number of hydrogen-bond donors (Lipinski definition) is 2. The van der Waals surface area contributed by atoms with E-state index in [9.17, 15) is 4.79 Å². The second-order valence-corrected chi connectivity index (χ2v) is 3.93. The molecule has 2 N–H and O–H groups in total. The van der Waals surface area contributed by atoms with Crippen LogP contribution in [-0.4, -0.2) is 35.5 Å². The van der Waals surface area contributed by atoms with Crippen molar-refractivity contribution in [2.24, 2.45) is 0 Å². The minimum Gasteiger partial charge on any atom is -0.496 e. The van der Waals surface area contributed by atoms with Gasteiger partial charge in [0, 0.05) is 18.2 Å². The van der Waals surface area contributed by atoms with Crippen LogP contribution in [0.1, 0.15) is 16.1 Å². The lowest BCUT2D eigenvalue weighted by molar-refractivity contribution is 0.0690. The Morgan fingerprint density at radius 3 is 2.74 bits per heavy atom. The lowest BCUT2D eigenvalue weighted by Crippen LogP contribution is -1.95. The minimum atomic E-state index is -1.04. The Kier molecular flexibility index (Phi) is 3.82. The lowest BCUT2D eigenvalue weighted by Gasteiger charge is -2.08.